The number of rotatable bonds is 4. The second-order valence-electron chi connectivity index (χ2n) is 4.55. The summed E-state index contributed by atoms with van der Waals surface area (Å²) < 4.78 is 5.26. The quantitative estimate of drug-likeness (QED) is 0.869. The Balaban J connectivity index is 0.00000180. The molecule has 106 valence electrons. The molecule has 0 aliphatic carbocycles. The number of halogens is 1. The van der Waals surface area contributed by atoms with Gasteiger partial charge < -0.3 is 15.4 Å². The molecule has 1 aromatic rings. The fourth-order valence-corrected chi connectivity index (χ4v) is 2.07. The topological polar surface area (TPSA) is 50.4 Å². The molecular formula is C14H21ClN2O2. The van der Waals surface area contributed by atoms with Gasteiger partial charge in [-0.25, -0.2) is 0 Å². The van der Waals surface area contributed by atoms with E-state index in [1.54, 1.807) is 0 Å². The molecule has 1 amide bonds. The predicted octanol–water partition coefficient (Wildman–Crippen LogP) is 1.06. The third-order valence-corrected chi connectivity index (χ3v) is 3.19. The van der Waals surface area contributed by atoms with Crippen LogP contribution < -0.4 is 10.6 Å². The number of nitrogens with one attached hydrogen (secondary N) is 2. The minimum Gasteiger partial charge on any atom is -0.378 e. The Kier molecular flexibility index (Phi) is 6.84. The van der Waals surface area contributed by atoms with Gasteiger partial charge in [-0.05, 0) is 24.5 Å². The lowest BCUT2D eigenvalue weighted by atomic mass is 10.1. The first kappa shape index (κ1) is 16.0. The van der Waals surface area contributed by atoms with E-state index in [4.69, 9.17) is 4.74 Å². The maximum absolute atomic E-state index is 11.8. The van der Waals surface area contributed by atoms with Gasteiger partial charge in [0.2, 0.25) is 5.91 Å². The van der Waals surface area contributed by atoms with Gasteiger partial charge in [-0.2, -0.15) is 0 Å². The molecule has 0 saturated carbocycles. The van der Waals surface area contributed by atoms with Gasteiger partial charge in [-0.1, -0.05) is 24.3 Å². The Labute approximate surface area is 120 Å². The van der Waals surface area contributed by atoms with Crippen LogP contribution in [-0.4, -0.2) is 38.3 Å². The Bertz CT molecular complexity index is 406. The van der Waals surface area contributed by atoms with Gasteiger partial charge in [0.15, 0.2) is 0 Å². The summed E-state index contributed by atoms with van der Waals surface area (Å²) in [6.07, 6.45) is 0.867. The molecule has 1 aliphatic rings. The highest BCUT2D eigenvalue weighted by molar-refractivity contribution is 5.85. The van der Waals surface area contributed by atoms with Crippen molar-refractivity contribution in [3.05, 3.63) is 35.4 Å². The van der Waals surface area contributed by atoms with Gasteiger partial charge in [0.1, 0.15) is 6.04 Å². The van der Waals surface area contributed by atoms with Crippen LogP contribution in [0, 0.1) is 6.92 Å². The number of amides is 1. The second-order valence-corrected chi connectivity index (χ2v) is 4.55. The number of morpholine rings is 1. The molecule has 5 heteroatoms. The third kappa shape index (κ3) is 4.82. The molecule has 1 saturated heterocycles. The molecule has 0 spiro atoms. The monoisotopic (exact) mass is 284 g/mol. The maximum atomic E-state index is 11.8. The molecule has 1 fully saturated rings. The molecule has 1 atom stereocenters. The first-order chi connectivity index (χ1) is 8.77. The lowest BCUT2D eigenvalue weighted by molar-refractivity contribution is -0.125. The van der Waals surface area contributed by atoms with Crippen molar-refractivity contribution in [1.29, 1.82) is 0 Å². The van der Waals surface area contributed by atoms with Crippen LogP contribution in [0.2, 0.25) is 0 Å². The molecule has 1 unspecified atom stereocenters. The highest BCUT2D eigenvalue weighted by Gasteiger charge is 2.20. The molecular weight excluding hydrogens is 264 g/mol. The number of hydrogen-bond acceptors (Lipinski definition) is 3. The standard InChI is InChI=1S/C14H20N2O2.ClH/c1-11-4-2-3-5-12(11)6-7-16-14(17)13-10-18-9-8-15-13;/h2-5,13,15H,6-10H2,1H3,(H,16,17);1H. The van der Waals surface area contributed by atoms with Crippen molar-refractivity contribution in [2.75, 3.05) is 26.3 Å². The molecule has 1 aliphatic heterocycles. The Morgan fingerprint density at radius 3 is 2.95 bits per heavy atom. The van der Waals surface area contributed by atoms with E-state index in [2.05, 4.69) is 29.7 Å². The average Bonchev–Trinajstić information content (AvgIpc) is 2.42. The van der Waals surface area contributed by atoms with Gasteiger partial charge in [0.05, 0.1) is 13.2 Å². The van der Waals surface area contributed by atoms with E-state index in [-0.39, 0.29) is 24.4 Å². The number of hydrogen-bond donors (Lipinski definition) is 2. The number of carbonyl (C=O) groups is 1. The third-order valence-electron chi connectivity index (χ3n) is 3.19. The van der Waals surface area contributed by atoms with E-state index >= 15 is 0 Å². The van der Waals surface area contributed by atoms with E-state index in [0.29, 0.717) is 19.8 Å². The normalized spacial score (nSPS) is 18.5. The summed E-state index contributed by atoms with van der Waals surface area (Å²) in [4.78, 5) is 11.8. The van der Waals surface area contributed by atoms with Crippen LogP contribution in [0.1, 0.15) is 11.1 Å². The summed E-state index contributed by atoms with van der Waals surface area (Å²) in [5, 5.41) is 6.09. The zero-order valence-electron chi connectivity index (χ0n) is 11.1. The van der Waals surface area contributed by atoms with Crippen molar-refractivity contribution >= 4 is 18.3 Å². The van der Waals surface area contributed by atoms with Crippen molar-refractivity contribution in [1.82, 2.24) is 10.6 Å². The first-order valence-electron chi connectivity index (χ1n) is 6.41. The van der Waals surface area contributed by atoms with Crippen LogP contribution in [0.4, 0.5) is 0 Å². The van der Waals surface area contributed by atoms with Crippen LogP contribution in [0.3, 0.4) is 0 Å². The van der Waals surface area contributed by atoms with Crippen LogP contribution in [0.15, 0.2) is 24.3 Å². The number of benzene rings is 1. The Hall–Kier alpha value is -1.10. The SMILES string of the molecule is Cc1ccccc1CCNC(=O)C1COCCN1.Cl. The Morgan fingerprint density at radius 2 is 2.26 bits per heavy atom. The van der Waals surface area contributed by atoms with E-state index in [1.807, 2.05) is 12.1 Å². The summed E-state index contributed by atoms with van der Waals surface area (Å²) in [5.74, 6) is 0.0308. The smallest absolute Gasteiger partial charge is 0.239 e. The molecule has 19 heavy (non-hydrogen) atoms. The molecule has 0 radical (unpaired) electrons. The summed E-state index contributed by atoms with van der Waals surface area (Å²) in [6, 6.07) is 8.05. The zero-order valence-corrected chi connectivity index (χ0v) is 12.0. The summed E-state index contributed by atoms with van der Waals surface area (Å²) in [7, 11) is 0. The van der Waals surface area contributed by atoms with Crippen molar-refractivity contribution in [2.45, 2.75) is 19.4 Å². The van der Waals surface area contributed by atoms with E-state index in [9.17, 15) is 4.79 Å². The average molecular weight is 285 g/mol. The zero-order chi connectivity index (χ0) is 12.8. The first-order valence-corrected chi connectivity index (χ1v) is 6.41. The minimum absolute atomic E-state index is 0. The molecule has 1 heterocycles. The molecule has 0 aromatic heterocycles. The molecule has 2 N–H and O–H groups in total. The van der Waals surface area contributed by atoms with E-state index in [1.165, 1.54) is 11.1 Å². The molecule has 4 nitrogen and oxygen atoms in total. The van der Waals surface area contributed by atoms with Gasteiger partial charge in [-0.3, -0.25) is 4.79 Å². The summed E-state index contributed by atoms with van der Waals surface area (Å²) >= 11 is 0. The maximum Gasteiger partial charge on any atom is 0.239 e. The highest BCUT2D eigenvalue weighted by atomic mass is 35.5. The molecule has 2 rings (SSSR count). The van der Waals surface area contributed by atoms with Crippen molar-refractivity contribution < 1.29 is 9.53 Å². The van der Waals surface area contributed by atoms with Gasteiger partial charge in [0.25, 0.3) is 0 Å². The predicted molar refractivity (Wildman–Crippen MR) is 77.8 cm³/mol. The summed E-state index contributed by atoms with van der Waals surface area (Å²) in [6.45, 7) is 4.66. The van der Waals surface area contributed by atoms with Gasteiger partial charge in [0, 0.05) is 13.1 Å². The number of aryl methyl sites for hydroxylation is 1. The van der Waals surface area contributed by atoms with E-state index < -0.39 is 0 Å². The van der Waals surface area contributed by atoms with Crippen molar-refractivity contribution in [3.8, 4) is 0 Å². The van der Waals surface area contributed by atoms with Crippen LogP contribution in [0.5, 0.6) is 0 Å². The summed E-state index contributed by atoms with van der Waals surface area (Å²) in [5.41, 5.74) is 2.55. The van der Waals surface area contributed by atoms with Gasteiger partial charge >= 0.3 is 0 Å². The molecule has 0 bridgehead atoms. The van der Waals surface area contributed by atoms with Crippen LogP contribution in [-0.2, 0) is 16.0 Å². The lowest BCUT2D eigenvalue weighted by Crippen LogP contribution is -2.51. The van der Waals surface area contributed by atoms with Gasteiger partial charge in [-0.15, -0.1) is 12.4 Å². The number of carbonyl (C=O) groups excluding carboxylic acids is 1. The van der Waals surface area contributed by atoms with Crippen LogP contribution in [0.25, 0.3) is 0 Å². The lowest BCUT2D eigenvalue weighted by Gasteiger charge is -2.22. The Morgan fingerprint density at radius 1 is 1.47 bits per heavy atom. The fourth-order valence-electron chi connectivity index (χ4n) is 2.07. The molecule has 1 aromatic carbocycles. The van der Waals surface area contributed by atoms with Crippen molar-refractivity contribution in [2.24, 2.45) is 0 Å². The highest BCUT2D eigenvalue weighted by Crippen LogP contribution is 2.06. The van der Waals surface area contributed by atoms with E-state index in [0.717, 1.165) is 13.0 Å². The second kappa shape index (κ2) is 8.15. The minimum atomic E-state index is -0.198. The number of ether oxygens (including phenoxy) is 1. The van der Waals surface area contributed by atoms with Crippen molar-refractivity contribution in [3.63, 3.8) is 0 Å². The fraction of sp³-hybridized carbons (Fsp3) is 0.500. The van der Waals surface area contributed by atoms with Crippen LogP contribution >= 0.6 is 12.4 Å². The largest absolute Gasteiger partial charge is 0.378 e.